The zero-order valence-corrected chi connectivity index (χ0v) is 18.5. The summed E-state index contributed by atoms with van der Waals surface area (Å²) in [5.74, 6) is -0.340. The molecular formula is C24H14ClN5O2S. The van der Waals surface area contributed by atoms with E-state index in [1.807, 2.05) is 6.07 Å². The van der Waals surface area contributed by atoms with Crippen LogP contribution in [0.2, 0.25) is 5.02 Å². The number of carbonyl (C=O) groups excluding carboxylic acids is 1. The Bertz CT molecular complexity index is 1520. The highest BCUT2D eigenvalue weighted by molar-refractivity contribution is 7.99. The van der Waals surface area contributed by atoms with Crippen molar-refractivity contribution >= 4 is 45.9 Å². The molecule has 1 heterocycles. The van der Waals surface area contributed by atoms with Gasteiger partial charge in [0.2, 0.25) is 5.91 Å². The van der Waals surface area contributed by atoms with E-state index in [1.54, 1.807) is 54.6 Å². The molecule has 0 spiro atoms. The molecule has 0 fully saturated rings. The number of fused-ring (bicyclic) bond motifs is 1. The van der Waals surface area contributed by atoms with Crippen LogP contribution in [0.4, 0.5) is 5.69 Å². The van der Waals surface area contributed by atoms with Crippen molar-refractivity contribution < 1.29 is 4.79 Å². The number of rotatable bonds is 5. The number of thioether (sulfide) groups is 1. The molecule has 0 bridgehead atoms. The lowest BCUT2D eigenvalue weighted by molar-refractivity contribution is -0.113. The van der Waals surface area contributed by atoms with Crippen molar-refractivity contribution in [3.05, 3.63) is 93.2 Å². The fourth-order valence-electron chi connectivity index (χ4n) is 3.13. The largest absolute Gasteiger partial charge is 0.325 e. The summed E-state index contributed by atoms with van der Waals surface area (Å²) < 4.78 is 1.43. The van der Waals surface area contributed by atoms with Gasteiger partial charge in [-0.3, -0.25) is 14.2 Å². The zero-order valence-electron chi connectivity index (χ0n) is 16.9. The molecule has 0 saturated heterocycles. The molecule has 4 aromatic rings. The molecule has 0 aliphatic heterocycles. The SMILES string of the molecule is N#Cc1ccc(-n2c(SCC(=O)Nc3ccc(C#N)c(Cl)c3)nc3ccccc3c2=O)cc1. The topological polar surface area (TPSA) is 112 Å². The molecular weight excluding hydrogens is 458 g/mol. The van der Waals surface area contributed by atoms with E-state index in [9.17, 15) is 9.59 Å². The molecule has 0 saturated carbocycles. The summed E-state index contributed by atoms with van der Waals surface area (Å²) in [6, 6.07) is 22.2. The highest BCUT2D eigenvalue weighted by Crippen LogP contribution is 2.23. The van der Waals surface area contributed by atoms with Crippen LogP contribution in [0.3, 0.4) is 0 Å². The van der Waals surface area contributed by atoms with E-state index in [4.69, 9.17) is 22.1 Å². The van der Waals surface area contributed by atoms with Crippen molar-refractivity contribution in [2.75, 3.05) is 11.1 Å². The number of nitriles is 2. The van der Waals surface area contributed by atoms with Crippen LogP contribution in [-0.4, -0.2) is 21.2 Å². The normalized spacial score (nSPS) is 10.4. The van der Waals surface area contributed by atoms with Crippen molar-refractivity contribution in [1.82, 2.24) is 9.55 Å². The van der Waals surface area contributed by atoms with Crippen molar-refractivity contribution in [1.29, 1.82) is 10.5 Å². The standard InChI is InChI=1S/C24H14ClN5O2S/c25-20-11-17(8-7-16(20)13-27)28-22(31)14-33-24-29-21-4-2-1-3-19(21)23(32)30(24)18-9-5-15(12-26)6-10-18/h1-11H,14H2,(H,28,31). The van der Waals surface area contributed by atoms with Gasteiger partial charge in [0.25, 0.3) is 5.56 Å². The first kappa shape index (κ1) is 22.1. The van der Waals surface area contributed by atoms with Crippen LogP contribution in [0.1, 0.15) is 11.1 Å². The Morgan fingerprint density at radius 3 is 2.52 bits per heavy atom. The van der Waals surface area contributed by atoms with Gasteiger partial charge in [0.05, 0.1) is 44.6 Å². The maximum Gasteiger partial charge on any atom is 0.266 e. The molecule has 7 nitrogen and oxygen atoms in total. The van der Waals surface area contributed by atoms with E-state index in [0.29, 0.717) is 38.6 Å². The fraction of sp³-hybridized carbons (Fsp3) is 0.0417. The minimum absolute atomic E-state index is 0.0152. The zero-order chi connectivity index (χ0) is 23.4. The number of para-hydroxylation sites is 1. The van der Waals surface area contributed by atoms with Gasteiger partial charge in [0.15, 0.2) is 5.16 Å². The van der Waals surface area contributed by atoms with Crippen molar-refractivity contribution in [3.8, 4) is 17.8 Å². The Hall–Kier alpha value is -4.11. The van der Waals surface area contributed by atoms with Gasteiger partial charge in [-0.2, -0.15) is 10.5 Å². The van der Waals surface area contributed by atoms with Crippen LogP contribution >= 0.6 is 23.4 Å². The molecule has 1 N–H and O–H groups in total. The summed E-state index contributed by atoms with van der Waals surface area (Å²) in [7, 11) is 0. The van der Waals surface area contributed by atoms with Gasteiger partial charge in [0.1, 0.15) is 6.07 Å². The number of hydrogen-bond acceptors (Lipinski definition) is 6. The van der Waals surface area contributed by atoms with Crippen LogP contribution < -0.4 is 10.9 Å². The molecule has 33 heavy (non-hydrogen) atoms. The molecule has 0 aliphatic carbocycles. The number of nitrogens with one attached hydrogen (secondary N) is 1. The molecule has 9 heteroatoms. The molecule has 4 rings (SSSR count). The molecule has 0 atom stereocenters. The van der Waals surface area contributed by atoms with Crippen LogP contribution in [-0.2, 0) is 4.79 Å². The summed E-state index contributed by atoms with van der Waals surface area (Å²) in [5.41, 5.74) is 2.03. The van der Waals surface area contributed by atoms with Crippen LogP contribution in [0, 0.1) is 22.7 Å². The predicted molar refractivity (Wildman–Crippen MR) is 128 cm³/mol. The number of anilines is 1. The van der Waals surface area contributed by atoms with E-state index in [-0.39, 0.29) is 22.2 Å². The molecule has 3 aromatic carbocycles. The van der Waals surface area contributed by atoms with Gasteiger partial charge in [0, 0.05) is 5.69 Å². The van der Waals surface area contributed by atoms with Crippen molar-refractivity contribution in [3.63, 3.8) is 0 Å². The number of nitrogens with zero attached hydrogens (tertiary/aromatic N) is 4. The van der Waals surface area contributed by atoms with E-state index >= 15 is 0 Å². The van der Waals surface area contributed by atoms with Crippen LogP contribution in [0.25, 0.3) is 16.6 Å². The summed E-state index contributed by atoms with van der Waals surface area (Å²) >= 11 is 7.13. The third-order valence-electron chi connectivity index (χ3n) is 4.71. The van der Waals surface area contributed by atoms with Crippen molar-refractivity contribution in [2.45, 2.75) is 5.16 Å². The van der Waals surface area contributed by atoms with E-state index in [0.717, 1.165) is 11.8 Å². The second-order valence-electron chi connectivity index (χ2n) is 6.85. The highest BCUT2D eigenvalue weighted by Gasteiger charge is 2.15. The summed E-state index contributed by atoms with van der Waals surface area (Å²) in [6.45, 7) is 0. The molecule has 0 aliphatic rings. The van der Waals surface area contributed by atoms with E-state index in [1.165, 1.54) is 16.7 Å². The molecule has 1 amide bonds. The van der Waals surface area contributed by atoms with Gasteiger partial charge in [-0.05, 0) is 54.6 Å². The third kappa shape index (κ3) is 4.73. The number of carbonyl (C=O) groups is 1. The summed E-state index contributed by atoms with van der Waals surface area (Å²) in [6.07, 6.45) is 0. The minimum atomic E-state index is -0.324. The van der Waals surface area contributed by atoms with Gasteiger partial charge in [-0.15, -0.1) is 0 Å². The Labute approximate surface area is 197 Å². The number of benzene rings is 3. The smallest absolute Gasteiger partial charge is 0.266 e. The maximum atomic E-state index is 13.2. The lowest BCUT2D eigenvalue weighted by Crippen LogP contribution is -2.23. The Kier molecular flexibility index (Phi) is 6.41. The molecule has 0 unspecified atom stereocenters. The monoisotopic (exact) mass is 471 g/mol. The maximum absolute atomic E-state index is 13.2. The Balaban J connectivity index is 1.64. The quantitative estimate of drug-likeness (QED) is 0.338. The first-order chi connectivity index (χ1) is 16.0. The first-order valence-electron chi connectivity index (χ1n) is 9.65. The van der Waals surface area contributed by atoms with Gasteiger partial charge >= 0.3 is 0 Å². The lowest BCUT2D eigenvalue weighted by Gasteiger charge is -2.13. The van der Waals surface area contributed by atoms with Gasteiger partial charge < -0.3 is 5.32 Å². The predicted octanol–water partition coefficient (Wildman–Crippen LogP) is 4.51. The molecule has 1 aromatic heterocycles. The number of amides is 1. The van der Waals surface area contributed by atoms with Gasteiger partial charge in [-0.1, -0.05) is 35.5 Å². The minimum Gasteiger partial charge on any atom is -0.325 e. The number of hydrogen-bond donors (Lipinski definition) is 1. The van der Waals surface area contributed by atoms with Crippen LogP contribution in [0.15, 0.2) is 76.7 Å². The van der Waals surface area contributed by atoms with E-state index in [2.05, 4.69) is 16.4 Å². The first-order valence-corrected chi connectivity index (χ1v) is 11.0. The highest BCUT2D eigenvalue weighted by atomic mass is 35.5. The van der Waals surface area contributed by atoms with Gasteiger partial charge in [-0.25, -0.2) is 4.98 Å². The number of aromatic nitrogens is 2. The average Bonchev–Trinajstić information content (AvgIpc) is 2.83. The molecule has 0 radical (unpaired) electrons. The Morgan fingerprint density at radius 1 is 1.06 bits per heavy atom. The summed E-state index contributed by atoms with van der Waals surface area (Å²) in [4.78, 5) is 30.4. The Morgan fingerprint density at radius 2 is 1.82 bits per heavy atom. The second-order valence-corrected chi connectivity index (χ2v) is 8.20. The van der Waals surface area contributed by atoms with Crippen molar-refractivity contribution in [2.24, 2.45) is 0 Å². The number of halogens is 1. The fourth-order valence-corrected chi connectivity index (χ4v) is 4.17. The van der Waals surface area contributed by atoms with Crippen LogP contribution in [0.5, 0.6) is 0 Å². The third-order valence-corrected chi connectivity index (χ3v) is 5.96. The average molecular weight is 472 g/mol. The molecule has 160 valence electrons. The second kappa shape index (κ2) is 9.58. The van der Waals surface area contributed by atoms with E-state index < -0.39 is 0 Å². The summed E-state index contributed by atoms with van der Waals surface area (Å²) in [5, 5.41) is 21.8. The lowest BCUT2D eigenvalue weighted by atomic mass is 10.2.